The molecule has 0 aliphatic carbocycles. The van der Waals surface area contributed by atoms with Crippen LogP contribution < -0.4 is 10.2 Å². The summed E-state index contributed by atoms with van der Waals surface area (Å²) in [7, 11) is 0. The van der Waals surface area contributed by atoms with Gasteiger partial charge in [-0.1, -0.05) is 6.07 Å². The molecule has 0 saturated carbocycles. The molecule has 0 aromatic heterocycles. The molecule has 28 heavy (non-hydrogen) atoms. The Labute approximate surface area is 167 Å². The van der Waals surface area contributed by atoms with E-state index < -0.39 is 0 Å². The van der Waals surface area contributed by atoms with Crippen LogP contribution in [0.1, 0.15) is 11.1 Å². The SMILES string of the molecule is Cc1cc(N2CCOCC2)ccc1/C=C1/SC(=Nc2ccc(F)cc2)NC1=O. The number of amidine groups is 1. The van der Waals surface area contributed by atoms with Gasteiger partial charge in [0.2, 0.25) is 0 Å². The van der Waals surface area contributed by atoms with E-state index in [0.717, 1.165) is 37.4 Å². The molecule has 4 rings (SSSR count). The second-order valence-corrected chi connectivity index (χ2v) is 7.63. The Kier molecular flexibility index (Phi) is 5.45. The van der Waals surface area contributed by atoms with Crippen molar-refractivity contribution in [2.75, 3.05) is 31.2 Å². The fourth-order valence-electron chi connectivity index (χ4n) is 3.09. The molecule has 2 fully saturated rings. The zero-order valence-corrected chi connectivity index (χ0v) is 16.3. The number of amides is 1. The third-order valence-electron chi connectivity index (χ3n) is 4.62. The Morgan fingerprint density at radius 2 is 1.93 bits per heavy atom. The number of carbonyl (C=O) groups excluding carboxylic acids is 1. The van der Waals surface area contributed by atoms with E-state index in [2.05, 4.69) is 27.3 Å². The molecular formula is C21H20FN3O2S. The van der Waals surface area contributed by atoms with Gasteiger partial charge < -0.3 is 15.0 Å². The van der Waals surface area contributed by atoms with Gasteiger partial charge in [0.15, 0.2) is 5.17 Å². The van der Waals surface area contributed by atoms with Gasteiger partial charge in [-0.05, 0) is 72.3 Å². The second-order valence-electron chi connectivity index (χ2n) is 6.60. The summed E-state index contributed by atoms with van der Waals surface area (Å²) in [5.41, 5.74) is 3.87. The minimum absolute atomic E-state index is 0.178. The maximum absolute atomic E-state index is 13.0. The highest BCUT2D eigenvalue weighted by atomic mass is 32.2. The molecule has 0 unspecified atom stereocenters. The van der Waals surface area contributed by atoms with E-state index in [9.17, 15) is 9.18 Å². The minimum Gasteiger partial charge on any atom is -0.378 e. The van der Waals surface area contributed by atoms with Gasteiger partial charge in [0.05, 0.1) is 23.8 Å². The Bertz CT molecular complexity index is 951. The number of thioether (sulfide) groups is 1. The fraction of sp³-hybridized carbons (Fsp3) is 0.238. The first-order chi connectivity index (χ1) is 13.6. The van der Waals surface area contributed by atoms with Crippen molar-refractivity contribution in [2.24, 2.45) is 4.99 Å². The van der Waals surface area contributed by atoms with Gasteiger partial charge in [0.1, 0.15) is 5.82 Å². The Hall–Kier alpha value is -2.64. The topological polar surface area (TPSA) is 53.9 Å². The number of nitrogens with zero attached hydrogens (tertiary/aromatic N) is 2. The maximum atomic E-state index is 13.0. The predicted octanol–water partition coefficient (Wildman–Crippen LogP) is 3.86. The molecule has 1 N–H and O–H groups in total. The summed E-state index contributed by atoms with van der Waals surface area (Å²) < 4.78 is 18.4. The van der Waals surface area contributed by atoms with Crippen LogP contribution in [-0.4, -0.2) is 37.4 Å². The number of carbonyl (C=O) groups is 1. The zero-order chi connectivity index (χ0) is 19.5. The molecule has 2 heterocycles. The minimum atomic E-state index is -0.316. The summed E-state index contributed by atoms with van der Waals surface area (Å²) in [5.74, 6) is -0.494. The van der Waals surface area contributed by atoms with E-state index in [0.29, 0.717) is 15.8 Å². The molecule has 1 amide bonds. The molecule has 0 atom stereocenters. The average Bonchev–Trinajstić information content (AvgIpc) is 3.05. The lowest BCUT2D eigenvalue weighted by Gasteiger charge is -2.29. The van der Waals surface area contributed by atoms with Gasteiger partial charge >= 0.3 is 0 Å². The average molecular weight is 397 g/mol. The molecule has 2 aromatic carbocycles. The van der Waals surface area contributed by atoms with Gasteiger partial charge in [-0.15, -0.1) is 0 Å². The van der Waals surface area contributed by atoms with Crippen molar-refractivity contribution >= 4 is 40.3 Å². The van der Waals surface area contributed by atoms with Gasteiger partial charge in [0.25, 0.3) is 5.91 Å². The molecule has 0 radical (unpaired) electrons. The lowest BCUT2D eigenvalue weighted by Crippen LogP contribution is -2.36. The first-order valence-corrected chi connectivity index (χ1v) is 9.89. The van der Waals surface area contributed by atoms with Gasteiger partial charge in [-0.2, -0.15) is 0 Å². The summed E-state index contributed by atoms with van der Waals surface area (Å²) >= 11 is 1.28. The zero-order valence-electron chi connectivity index (χ0n) is 15.4. The molecule has 2 aromatic rings. The van der Waals surface area contributed by atoms with Crippen LogP contribution in [0.3, 0.4) is 0 Å². The predicted molar refractivity (Wildman–Crippen MR) is 111 cm³/mol. The van der Waals surface area contributed by atoms with Crippen LogP contribution in [0.4, 0.5) is 15.8 Å². The number of halogens is 1. The fourth-order valence-corrected chi connectivity index (χ4v) is 3.93. The normalized spacial score (nSPS) is 20.1. The van der Waals surface area contributed by atoms with E-state index in [1.807, 2.05) is 19.1 Å². The van der Waals surface area contributed by atoms with Crippen molar-refractivity contribution in [2.45, 2.75) is 6.92 Å². The van der Waals surface area contributed by atoms with Crippen molar-refractivity contribution < 1.29 is 13.9 Å². The third-order valence-corrected chi connectivity index (χ3v) is 5.53. The van der Waals surface area contributed by atoms with Crippen molar-refractivity contribution in [3.05, 3.63) is 64.3 Å². The summed E-state index contributed by atoms with van der Waals surface area (Å²) in [5, 5.41) is 3.25. The lowest BCUT2D eigenvalue weighted by atomic mass is 10.1. The maximum Gasteiger partial charge on any atom is 0.264 e. The van der Waals surface area contributed by atoms with E-state index in [4.69, 9.17) is 4.74 Å². The quantitative estimate of drug-likeness (QED) is 0.799. The van der Waals surface area contributed by atoms with Gasteiger partial charge in [-0.25, -0.2) is 9.38 Å². The molecule has 7 heteroatoms. The molecule has 2 aliphatic rings. The van der Waals surface area contributed by atoms with Crippen molar-refractivity contribution in [3.8, 4) is 0 Å². The number of aliphatic imine (C=N–C) groups is 1. The van der Waals surface area contributed by atoms with Crippen LogP contribution in [0, 0.1) is 12.7 Å². The van der Waals surface area contributed by atoms with Crippen LogP contribution in [-0.2, 0) is 9.53 Å². The number of hydrogen-bond acceptors (Lipinski definition) is 5. The van der Waals surface area contributed by atoms with Crippen LogP contribution in [0.25, 0.3) is 6.08 Å². The number of ether oxygens (including phenoxy) is 1. The largest absolute Gasteiger partial charge is 0.378 e. The van der Waals surface area contributed by atoms with E-state index in [1.54, 1.807) is 12.1 Å². The van der Waals surface area contributed by atoms with Crippen molar-refractivity contribution in [3.63, 3.8) is 0 Å². The molecule has 0 bridgehead atoms. The number of rotatable bonds is 3. The number of anilines is 1. The van der Waals surface area contributed by atoms with Crippen LogP contribution in [0.15, 0.2) is 52.4 Å². The van der Waals surface area contributed by atoms with E-state index in [-0.39, 0.29) is 11.7 Å². The Morgan fingerprint density at radius 1 is 1.18 bits per heavy atom. The molecular weight excluding hydrogens is 377 g/mol. The number of benzene rings is 2. The van der Waals surface area contributed by atoms with Crippen molar-refractivity contribution in [1.82, 2.24) is 5.32 Å². The highest BCUT2D eigenvalue weighted by Crippen LogP contribution is 2.30. The summed E-state index contributed by atoms with van der Waals surface area (Å²) in [6.45, 7) is 5.32. The number of nitrogens with one attached hydrogen (secondary N) is 1. The smallest absolute Gasteiger partial charge is 0.264 e. The Balaban J connectivity index is 1.52. The molecule has 144 valence electrons. The molecule has 2 saturated heterocycles. The lowest BCUT2D eigenvalue weighted by molar-refractivity contribution is -0.115. The van der Waals surface area contributed by atoms with E-state index >= 15 is 0 Å². The third kappa shape index (κ3) is 4.26. The summed E-state index contributed by atoms with van der Waals surface area (Å²) in [6.07, 6.45) is 1.88. The second kappa shape index (κ2) is 8.16. The van der Waals surface area contributed by atoms with Crippen LogP contribution in [0.2, 0.25) is 0 Å². The Morgan fingerprint density at radius 3 is 2.64 bits per heavy atom. The number of morpholine rings is 1. The highest BCUT2D eigenvalue weighted by Gasteiger charge is 2.24. The highest BCUT2D eigenvalue weighted by molar-refractivity contribution is 8.18. The van der Waals surface area contributed by atoms with Crippen LogP contribution in [0.5, 0.6) is 0 Å². The van der Waals surface area contributed by atoms with Gasteiger partial charge in [0, 0.05) is 18.8 Å². The van der Waals surface area contributed by atoms with E-state index in [1.165, 1.54) is 29.6 Å². The first kappa shape index (κ1) is 18.7. The monoisotopic (exact) mass is 397 g/mol. The molecule has 2 aliphatic heterocycles. The van der Waals surface area contributed by atoms with Crippen molar-refractivity contribution in [1.29, 1.82) is 0 Å². The number of aryl methyl sites for hydroxylation is 1. The molecule has 5 nitrogen and oxygen atoms in total. The summed E-state index contributed by atoms with van der Waals surface area (Å²) in [6, 6.07) is 12.1. The van der Waals surface area contributed by atoms with Gasteiger partial charge in [-0.3, -0.25) is 4.79 Å². The standard InChI is InChI=1S/C21H20FN3O2S/c1-14-12-18(25-8-10-27-11-9-25)7-2-15(14)13-19-20(26)24-21(28-19)23-17-5-3-16(22)4-6-17/h2-7,12-13H,8-11H2,1H3,(H,23,24,26)/b19-13+. The molecule has 0 spiro atoms. The van der Waals surface area contributed by atoms with Crippen LogP contribution >= 0.6 is 11.8 Å². The summed E-state index contributed by atoms with van der Waals surface area (Å²) in [4.78, 5) is 19.5. The first-order valence-electron chi connectivity index (χ1n) is 9.07. The number of hydrogen-bond donors (Lipinski definition) is 1.